The average Bonchev–Trinajstić information content (AvgIpc) is 2.52. The van der Waals surface area contributed by atoms with Gasteiger partial charge in [0.05, 0.1) is 15.4 Å². The summed E-state index contributed by atoms with van der Waals surface area (Å²) in [6.07, 6.45) is 6.65. The van der Waals surface area contributed by atoms with Crippen molar-refractivity contribution in [2.75, 3.05) is 5.73 Å². The number of nitrogens with zero attached hydrogens (tertiary/aromatic N) is 3. The lowest BCUT2D eigenvalue weighted by molar-refractivity contribution is 0.671. The molecule has 0 radical (unpaired) electrons. The number of aromatic nitrogens is 3. The van der Waals surface area contributed by atoms with Gasteiger partial charge in [-0.25, -0.2) is 9.97 Å². The van der Waals surface area contributed by atoms with Crippen LogP contribution in [0.2, 0.25) is 5.15 Å². The minimum atomic E-state index is 0.157. The molecule has 1 aliphatic carbocycles. The molecule has 0 amide bonds. The fraction of sp³-hybridized carbons (Fsp3) is 0.400. The first-order valence-electron chi connectivity index (χ1n) is 7.18. The molecule has 0 saturated carbocycles. The molecule has 0 spiro atoms. The number of nitrogens with two attached hydrogens (primary N) is 1. The van der Waals surface area contributed by atoms with Gasteiger partial charge >= 0.3 is 0 Å². The molecule has 116 valence electrons. The van der Waals surface area contributed by atoms with E-state index in [1.54, 1.807) is 0 Å². The summed E-state index contributed by atoms with van der Waals surface area (Å²) in [4.78, 5) is 13.2. The summed E-state index contributed by atoms with van der Waals surface area (Å²) in [5.41, 5.74) is 9.79. The molecule has 0 aliphatic heterocycles. The third-order valence-electron chi connectivity index (χ3n) is 3.79. The number of thioether (sulfide) groups is 1. The second-order valence-electron chi connectivity index (χ2n) is 5.30. The van der Waals surface area contributed by atoms with Crippen LogP contribution in [0.3, 0.4) is 0 Å². The van der Waals surface area contributed by atoms with Crippen molar-refractivity contribution in [3.63, 3.8) is 0 Å². The van der Waals surface area contributed by atoms with Crippen LogP contribution in [0.5, 0.6) is 0 Å². The first kappa shape index (κ1) is 16.0. The van der Waals surface area contributed by atoms with E-state index in [2.05, 4.69) is 43.9 Å². The van der Waals surface area contributed by atoms with E-state index in [1.807, 2.05) is 6.20 Å². The van der Waals surface area contributed by atoms with Gasteiger partial charge < -0.3 is 5.73 Å². The largest absolute Gasteiger partial charge is 0.383 e. The van der Waals surface area contributed by atoms with Crippen LogP contribution in [-0.2, 0) is 12.8 Å². The number of anilines is 1. The summed E-state index contributed by atoms with van der Waals surface area (Å²) in [6, 6.07) is 2.14. The zero-order chi connectivity index (χ0) is 15.7. The number of hydrogen-bond donors (Lipinski definition) is 1. The van der Waals surface area contributed by atoms with E-state index in [-0.39, 0.29) is 5.25 Å². The van der Waals surface area contributed by atoms with Gasteiger partial charge in [0, 0.05) is 6.20 Å². The quantitative estimate of drug-likeness (QED) is 0.464. The summed E-state index contributed by atoms with van der Waals surface area (Å²) in [7, 11) is 0. The van der Waals surface area contributed by atoms with Crippen molar-refractivity contribution in [1.82, 2.24) is 15.0 Å². The Hall–Kier alpha value is -0.850. The molecule has 2 heterocycles. The van der Waals surface area contributed by atoms with Crippen molar-refractivity contribution in [2.24, 2.45) is 0 Å². The Labute approximate surface area is 147 Å². The predicted molar refractivity (Wildman–Crippen MR) is 94.3 cm³/mol. The second-order valence-corrected chi connectivity index (χ2v) is 7.76. The van der Waals surface area contributed by atoms with Crippen LogP contribution in [0.15, 0.2) is 21.9 Å². The molecule has 1 aliphatic rings. The molecular weight excluding hydrogens is 384 g/mol. The predicted octanol–water partition coefficient (Wildman–Crippen LogP) is 4.60. The van der Waals surface area contributed by atoms with E-state index in [0.29, 0.717) is 20.6 Å². The van der Waals surface area contributed by atoms with Gasteiger partial charge in [0.2, 0.25) is 0 Å². The summed E-state index contributed by atoms with van der Waals surface area (Å²) in [6.45, 7) is 2.12. The number of halogens is 2. The van der Waals surface area contributed by atoms with E-state index < -0.39 is 0 Å². The SMILES string of the molecule is CC(Sc1nc(N)c(Br)c(Cl)n1)c1nccc2c1CCCC2. The molecule has 1 atom stereocenters. The van der Waals surface area contributed by atoms with Crippen molar-refractivity contribution in [3.05, 3.63) is 38.7 Å². The highest BCUT2D eigenvalue weighted by molar-refractivity contribution is 9.10. The van der Waals surface area contributed by atoms with Crippen LogP contribution < -0.4 is 5.73 Å². The van der Waals surface area contributed by atoms with Crippen molar-refractivity contribution in [1.29, 1.82) is 0 Å². The number of fused-ring (bicyclic) bond motifs is 1. The second kappa shape index (κ2) is 6.72. The first-order valence-corrected chi connectivity index (χ1v) is 9.23. The molecule has 1 unspecified atom stereocenters. The van der Waals surface area contributed by atoms with Gasteiger partial charge in [-0.1, -0.05) is 23.4 Å². The maximum Gasteiger partial charge on any atom is 0.191 e. The molecule has 7 heteroatoms. The highest BCUT2D eigenvalue weighted by Gasteiger charge is 2.20. The van der Waals surface area contributed by atoms with Crippen LogP contribution in [0, 0.1) is 0 Å². The van der Waals surface area contributed by atoms with Crippen LogP contribution >= 0.6 is 39.3 Å². The third-order valence-corrected chi connectivity index (χ3v) is 6.05. The number of nitrogen functional groups attached to an aromatic ring is 1. The number of hydrogen-bond acceptors (Lipinski definition) is 5. The molecule has 2 aromatic rings. The molecule has 2 N–H and O–H groups in total. The lowest BCUT2D eigenvalue weighted by Gasteiger charge is -2.21. The van der Waals surface area contributed by atoms with Gasteiger partial charge in [-0.3, -0.25) is 4.98 Å². The monoisotopic (exact) mass is 398 g/mol. The molecule has 0 bridgehead atoms. The van der Waals surface area contributed by atoms with Crippen molar-refractivity contribution >= 4 is 45.1 Å². The normalized spacial score (nSPS) is 15.4. The average molecular weight is 400 g/mol. The minimum absolute atomic E-state index is 0.157. The summed E-state index contributed by atoms with van der Waals surface area (Å²) < 4.78 is 0.543. The van der Waals surface area contributed by atoms with Crippen LogP contribution in [0.4, 0.5) is 5.82 Å². The zero-order valence-corrected chi connectivity index (χ0v) is 15.3. The third kappa shape index (κ3) is 3.24. The smallest absolute Gasteiger partial charge is 0.191 e. The summed E-state index contributed by atoms with van der Waals surface area (Å²) in [5.74, 6) is 0.359. The topological polar surface area (TPSA) is 64.7 Å². The minimum Gasteiger partial charge on any atom is -0.383 e. The fourth-order valence-corrected chi connectivity index (χ4v) is 4.05. The van der Waals surface area contributed by atoms with Crippen molar-refractivity contribution in [3.8, 4) is 0 Å². The van der Waals surface area contributed by atoms with Crippen molar-refractivity contribution in [2.45, 2.75) is 43.0 Å². The van der Waals surface area contributed by atoms with E-state index in [1.165, 1.54) is 35.7 Å². The molecule has 3 rings (SSSR count). The van der Waals surface area contributed by atoms with Gasteiger partial charge in [-0.2, -0.15) is 0 Å². The Balaban J connectivity index is 1.88. The van der Waals surface area contributed by atoms with Crippen molar-refractivity contribution < 1.29 is 0 Å². The van der Waals surface area contributed by atoms with Gasteiger partial charge in [-0.15, -0.1) is 0 Å². The fourth-order valence-electron chi connectivity index (χ4n) is 2.72. The van der Waals surface area contributed by atoms with Crippen LogP contribution in [0.25, 0.3) is 0 Å². The van der Waals surface area contributed by atoms with Gasteiger partial charge in [0.1, 0.15) is 11.0 Å². The Kier molecular flexibility index (Phi) is 4.90. The van der Waals surface area contributed by atoms with Crippen LogP contribution in [-0.4, -0.2) is 15.0 Å². The van der Waals surface area contributed by atoms with E-state index >= 15 is 0 Å². The Morgan fingerprint density at radius 2 is 2.09 bits per heavy atom. The Bertz CT molecular complexity index is 687. The number of aryl methyl sites for hydroxylation is 1. The van der Waals surface area contributed by atoms with Gasteiger partial charge in [-0.05, 0) is 65.7 Å². The lowest BCUT2D eigenvalue weighted by atomic mass is 9.90. The molecule has 0 fully saturated rings. The van der Waals surface area contributed by atoms with Gasteiger partial charge in [0.15, 0.2) is 5.16 Å². The van der Waals surface area contributed by atoms with E-state index in [4.69, 9.17) is 17.3 Å². The highest BCUT2D eigenvalue weighted by Crippen LogP contribution is 2.38. The molecule has 2 aromatic heterocycles. The highest BCUT2D eigenvalue weighted by atomic mass is 79.9. The summed E-state index contributed by atoms with van der Waals surface area (Å²) >= 11 is 10.9. The van der Waals surface area contributed by atoms with E-state index in [9.17, 15) is 0 Å². The molecule has 0 aromatic carbocycles. The van der Waals surface area contributed by atoms with Crippen LogP contribution in [0.1, 0.15) is 41.8 Å². The maximum absolute atomic E-state index is 6.06. The molecule has 22 heavy (non-hydrogen) atoms. The standard InChI is InChI=1S/C15H16BrClN4S/c1-8(22-15-20-13(17)11(16)14(18)21-15)12-10-5-3-2-4-9(10)6-7-19-12/h6-8H,2-5H2,1H3,(H2,18,20,21). The summed E-state index contributed by atoms with van der Waals surface area (Å²) in [5, 5.41) is 1.07. The molecule has 4 nitrogen and oxygen atoms in total. The van der Waals surface area contributed by atoms with Gasteiger partial charge in [0.25, 0.3) is 0 Å². The number of pyridine rings is 1. The Morgan fingerprint density at radius 1 is 1.32 bits per heavy atom. The van der Waals surface area contributed by atoms with E-state index in [0.717, 1.165) is 18.5 Å². The number of rotatable bonds is 3. The molecule has 0 saturated heterocycles. The lowest BCUT2D eigenvalue weighted by Crippen LogP contribution is -2.09. The molecular formula is C15H16BrClN4S. The Morgan fingerprint density at radius 3 is 2.86 bits per heavy atom. The zero-order valence-electron chi connectivity index (χ0n) is 12.1. The first-order chi connectivity index (χ1) is 10.6. The maximum atomic E-state index is 6.06.